The van der Waals surface area contributed by atoms with Gasteiger partial charge in [0.1, 0.15) is 6.61 Å². The summed E-state index contributed by atoms with van der Waals surface area (Å²) in [4.78, 5) is 34.8. The second-order valence-corrected chi connectivity index (χ2v) is 16.0. The van der Waals surface area contributed by atoms with Gasteiger partial charge in [0.15, 0.2) is 6.10 Å². The molecule has 2 unspecified atom stereocenters. The van der Waals surface area contributed by atoms with Gasteiger partial charge in [-0.2, -0.15) is 0 Å². The molecule has 0 heterocycles. The minimum atomic E-state index is -4.37. The SMILES string of the molecule is CCCCCC/C=C\C/C=C\CCCCCCCCCC(=O)OC(COC(=O)CCCCCCCCCCCCCCCC)COP(=O)(O)OCCN. The number of phosphoric acid groups is 1. The lowest BCUT2D eigenvalue weighted by molar-refractivity contribution is -0.161. The molecule has 0 radical (unpaired) electrons. The number of allylic oxidation sites excluding steroid dienone is 4. The van der Waals surface area contributed by atoms with Gasteiger partial charge in [-0.1, -0.05) is 173 Å². The zero-order chi connectivity index (χ0) is 38.9. The van der Waals surface area contributed by atoms with Gasteiger partial charge in [0, 0.05) is 19.4 Å². The zero-order valence-corrected chi connectivity index (χ0v) is 35.2. The van der Waals surface area contributed by atoms with E-state index in [1.54, 1.807) is 0 Å². The van der Waals surface area contributed by atoms with E-state index in [1.165, 1.54) is 122 Å². The van der Waals surface area contributed by atoms with E-state index in [2.05, 4.69) is 38.2 Å². The van der Waals surface area contributed by atoms with E-state index < -0.39 is 26.5 Å². The summed E-state index contributed by atoms with van der Waals surface area (Å²) in [6, 6.07) is 0. The van der Waals surface area contributed by atoms with Gasteiger partial charge < -0.3 is 20.1 Å². The van der Waals surface area contributed by atoms with Gasteiger partial charge in [0.2, 0.25) is 0 Å². The minimum absolute atomic E-state index is 0.0535. The Kier molecular flexibility index (Phi) is 39.0. The molecule has 3 N–H and O–H groups in total. The molecule has 10 heteroatoms. The van der Waals surface area contributed by atoms with Crippen LogP contribution >= 0.6 is 7.82 Å². The Morgan fingerprint density at radius 1 is 0.566 bits per heavy atom. The van der Waals surface area contributed by atoms with Gasteiger partial charge >= 0.3 is 19.8 Å². The van der Waals surface area contributed by atoms with E-state index >= 15 is 0 Å². The van der Waals surface area contributed by atoms with Crippen molar-refractivity contribution in [3.05, 3.63) is 24.3 Å². The molecule has 0 fully saturated rings. The number of nitrogens with two attached hydrogens (primary N) is 1. The quantitative estimate of drug-likeness (QED) is 0.0269. The van der Waals surface area contributed by atoms with Crippen LogP contribution in [0, 0.1) is 0 Å². The number of hydrogen-bond donors (Lipinski definition) is 2. The van der Waals surface area contributed by atoms with Crippen molar-refractivity contribution in [2.24, 2.45) is 5.73 Å². The molecule has 0 aliphatic carbocycles. The van der Waals surface area contributed by atoms with Crippen LogP contribution in [-0.4, -0.2) is 49.3 Å². The molecule has 0 aliphatic rings. The fourth-order valence-corrected chi connectivity index (χ4v) is 6.84. The Morgan fingerprint density at radius 2 is 0.981 bits per heavy atom. The highest BCUT2D eigenvalue weighted by Gasteiger charge is 2.26. The van der Waals surface area contributed by atoms with Crippen molar-refractivity contribution in [3.8, 4) is 0 Å². The van der Waals surface area contributed by atoms with Crippen LogP contribution in [0.4, 0.5) is 0 Å². The molecule has 0 aromatic carbocycles. The molecule has 2 atom stereocenters. The average Bonchev–Trinajstić information content (AvgIpc) is 3.14. The predicted octanol–water partition coefficient (Wildman–Crippen LogP) is 12.4. The lowest BCUT2D eigenvalue weighted by Gasteiger charge is -2.19. The Morgan fingerprint density at radius 3 is 1.45 bits per heavy atom. The molecule has 0 aromatic heterocycles. The highest BCUT2D eigenvalue weighted by molar-refractivity contribution is 7.47. The van der Waals surface area contributed by atoms with E-state index in [9.17, 15) is 19.0 Å². The molecule has 0 saturated heterocycles. The number of hydrogen-bond acceptors (Lipinski definition) is 8. The Labute approximate surface area is 325 Å². The fourth-order valence-electron chi connectivity index (χ4n) is 6.08. The maximum Gasteiger partial charge on any atom is 0.472 e. The van der Waals surface area contributed by atoms with Crippen LogP contribution in [-0.2, 0) is 32.7 Å². The third kappa shape index (κ3) is 40.0. The number of phosphoric ester groups is 1. The molecule has 9 nitrogen and oxygen atoms in total. The third-order valence-electron chi connectivity index (χ3n) is 9.34. The third-order valence-corrected chi connectivity index (χ3v) is 10.3. The smallest absolute Gasteiger partial charge is 0.462 e. The van der Waals surface area contributed by atoms with Crippen LogP contribution in [0.2, 0.25) is 0 Å². The van der Waals surface area contributed by atoms with Crippen molar-refractivity contribution in [2.75, 3.05) is 26.4 Å². The highest BCUT2D eigenvalue weighted by atomic mass is 31.2. The highest BCUT2D eigenvalue weighted by Crippen LogP contribution is 2.43. The van der Waals surface area contributed by atoms with Gasteiger partial charge in [0.25, 0.3) is 0 Å². The van der Waals surface area contributed by atoms with Crippen molar-refractivity contribution in [1.82, 2.24) is 0 Å². The van der Waals surface area contributed by atoms with Crippen LogP contribution in [0.3, 0.4) is 0 Å². The number of rotatable bonds is 41. The first-order chi connectivity index (χ1) is 25.8. The van der Waals surface area contributed by atoms with Crippen molar-refractivity contribution in [2.45, 2.75) is 213 Å². The van der Waals surface area contributed by atoms with Crippen LogP contribution < -0.4 is 5.73 Å². The van der Waals surface area contributed by atoms with Crippen LogP contribution in [0.5, 0.6) is 0 Å². The van der Waals surface area contributed by atoms with Crippen molar-refractivity contribution in [3.63, 3.8) is 0 Å². The minimum Gasteiger partial charge on any atom is -0.462 e. The molecule has 0 aromatic rings. The summed E-state index contributed by atoms with van der Waals surface area (Å²) >= 11 is 0. The van der Waals surface area contributed by atoms with E-state index in [0.29, 0.717) is 6.42 Å². The summed E-state index contributed by atoms with van der Waals surface area (Å²) in [7, 11) is -4.37. The van der Waals surface area contributed by atoms with E-state index in [-0.39, 0.29) is 38.6 Å². The molecule has 0 bridgehead atoms. The number of ether oxygens (including phenoxy) is 2. The number of unbranched alkanes of at least 4 members (excludes halogenated alkanes) is 24. The summed E-state index contributed by atoms with van der Waals surface area (Å²) < 4.78 is 32.8. The summed E-state index contributed by atoms with van der Waals surface area (Å²) in [6.45, 7) is 3.72. The molecule has 312 valence electrons. The van der Waals surface area contributed by atoms with Crippen molar-refractivity contribution >= 4 is 19.8 Å². The average molecular weight is 772 g/mol. The standard InChI is InChI=1S/C43H82NO8P/c1-3-5-7-9-11-13-15-17-19-20-21-22-24-26-28-30-32-34-36-43(46)52-41(40-51-53(47,48)50-38-37-44)39-49-42(45)35-33-31-29-27-25-23-18-16-14-12-10-8-6-4-2/h13,15,19-20,41H,3-12,14,16-18,21-40,44H2,1-2H3,(H,47,48)/b15-13-,20-19-. The summed E-state index contributed by atoms with van der Waals surface area (Å²) in [5.41, 5.74) is 5.35. The van der Waals surface area contributed by atoms with Gasteiger partial charge in [0.05, 0.1) is 13.2 Å². The topological polar surface area (TPSA) is 134 Å². The summed E-state index contributed by atoms with van der Waals surface area (Å²) in [5, 5.41) is 0. The normalized spacial score (nSPS) is 13.5. The van der Waals surface area contributed by atoms with Crippen LogP contribution in [0.25, 0.3) is 0 Å². The Bertz CT molecular complexity index is 928. The molecule has 53 heavy (non-hydrogen) atoms. The fraction of sp³-hybridized carbons (Fsp3) is 0.860. The first-order valence-electron chi connectivity index (χ1n) is 21.8. The van der Waals surface area contributed by atoms with E-state index in [0.717, 1.165) is 51.4 Å². The van der Waals surface area contributed by atoms with Crippen molar-refractivity contribution < 1.29 is 37.6 Å². The van der Waals surface area contributed by atoms with Gasteiger partial charge in [-0.25, -0.2) is 4.57 Å². The number of carbonyl (C=O) groups excluding carboxylic acids is 2. The van der Waals surface area contributed by atoms with Crippen LogP contribution in [0.1, 0.15) is 206 Å². The van der Waals surface area contributed by atoms with E-state index in [4.69, 9.17) is 24.3 Å². The monoisotopic (exact) mass is 772 g/mol. The number of esters is 2. The van der Waals surface area contributed by atoms with E-state index in [1.807, 2.05) is 0 Å². The molecule has 0 saturated carbocycles. The largest absolute Gasteiger partial charge is 0.472 e. The molecule has 0 amide bonds. The lowest BCUT2D eigenvalue weighted by atomic mass is 10.0. The first kappa shape index (κ1) is 51.5. The molecule has 0 aliphatic heterocycles. The maximum absolute atomic E-state index is 12.6. The lowest BCUT2D eigenvalue weighted by Crippen LogP contribution is -2.29. The molecular weight excluding hydrogens is 689 g/mol. The predicted molar refractivity (Wildman–Crippen MR) is 220 cm³/mol. The van der Waals surface area contributed by atoms with Gasteiger partial charge in [-0.05, 0) is 44.9 Å². The zero-order valence-electron chi connectivity index (χ0n) is 34.3. The molecule has 0 spiro atoms. The van der Waals surface area contributed by atoms with Crippen LogP contribution in [0.15, 0.2) is 24.3 Å². The summed E-state index contributed by atoms with van der Waals surface area (Å²) in [5.74, 6) is -0.830. The summed E-state index contributed by atoms with van der Waals surface area (Å²) in [6.07, 6.45) is 42.0. The number of carbonyl (C=O) groups is 2. The molecule has 0 rings (SSSR count). The Hall–Kier alpha value is -1.51. The van der Waals surface area contributed by atoms with Gasteiger partial charge in [-0.15, -0.1) is 0 Å². The first-order valence-corrected chi connectivity index (χ1v) is 23.3. The maximum atomic E-state index is 12.6. The van der Waals surface area contributed by atoms with Crippen molar-refractivity contribution in [1.29, 1.82) is 0 Å². The second-order valence-electron chi connectivity index (χ2n) is 14.6. The Balaban J connectivity index is 4.14. The molecular formula is C43H82NO8P. The van der Waals surface area contributed by atoms with Gasteiger partial charge in [-0.3, -0.25) is 18.6 Å². The second kappa shape index (κ2) is 40.2.